The number of H-pyrrole nitrogens is 1. The van der Waals surface area contributed by atoms with E-state index in [0.29, 0.717) is 11.3 Å². The Labute approximate surface area is 229 Å². The van der Waals surface area contributed by atoms with Crippen molar-refractivity contribution in [1.82, 2.24) is 15.2 Å². The van der Waals surface area contributed by atoms with Gasteiger partial charge in [-0.1, -0.05) is 60.7 Å². The lowest BCUT2D eigenvalue weighted by atomic mass is 9.76. The second-order valence-electron chi connectivity index (χ2n) is 10.3. The predicted molar refractivity (Wildman–Crippen MR) is 145 cm³/mol. The van der Waals surface area contributed by atoms with Crippen LogP contribution in [-0.4, -0.2) is 44.3 Å². The van der Waals surface area contributed by atoms with E-state index in [4.69, 9.17) is 4.74 Å². The van der Waals surface area contributed by atoms with Gasteiger partial charge in [-0.25, -0.2) is 0 Å². The number of para-hydroxylation sites is 1. The lowest BCUT2D eigenvalue weighted by Crippen LogP contribution is -2.57. The fourth-order valence-corrected chi connectivity index (χ4v) is 6.19. The number of aromatic nitrogens is 1. The number of hydrogen-bond donors (Lipinski definition) is 3. The number of imide groups is 1. The van der Waals surface area contributed by atoms with Crippen LogP contribution in [0.2, 0.25) is 0 Å². The van der Waals surface area contributed by atoms with Gasteiger partial charge in [0.25, 0.3) is 0 Å². The van der Waals surface area contributed by atoms with Crippen molar-refractivity contribution in [2.24, 2.45) is 11.8 Å². The van der Waals surface area contributed by atoms with E-state index in [1.165, 1.54) is 11.8 Å². The standard InChI is InChI=1S/C31H27N3O6/c1-18(35)40-22-13-11-20(12-14-22)27-25-26(29(37)34(28(25)36)17-19-7-3-2-4-8-19)31(33-27,30(38)39)15-21-16-32-24-10-6-5-9-23(21)24/h2-14,16,25-27,32-33H,15,17H2,1H3,(H,38,39). The number of carbonyl (C=O) groups is 4. The number of carboxylic acids is 1. The molecule has 2 aliphatic heterocycles. The number of nitrogens with one attached hydrogen (secondary N) is 2. The van der Waals surface area contributed by atoms with Crippen LogP contribution in [0.5, 0.6) is 5.75 Å². The summed E-state index contributed by atoms with van der Waals surface area (Å²) in [4.78, 5) is 56.9. The van der Waals surface area contributed by atoms with Gasteiger partial charge in [0.2, 0.25) is 11.8 Å². The number of aromatic amines is 1. The van der Waals surface area contributed by atoms with Crippen LogP contribution in [0.1, 0.15) is 29.7 Å². The zero-order chi connectivity index (χ0) is 28.0. The van der Waals surface area contributed by atoms with Crippen molar-refractivity contribution in [2.45, 2.75) is 31.5 Å². The zero-order valence-corrected chi connectivity index (χ0v) is 21.7. The maximum Gasteiger partial charge on any atom is 0.325 e. The van der Waals surface area contributed by atoms with Crippen molar-refractivity contribution in [2.75, 3.05) is 0 Å². The summed E-state index contributed by atoms with van der Waals surface area (Å²) < 4.78 is 5.14. The number of ether oxygens (including phenoxy) is 1. The van der Waals surface area contributed by atoms with E-state index in [1.54, 1.807) is 30.5 Å². The Morgan fingerprint density at radius 1 is 0.950 bits per heavy atom. The SMILES string of the molecule is CC(=O)Oc1ccc(C2NC(Cc3c[nH]c4ccccc34)(C(=O)O)C3C(=O)N(Cc4ccccc4)C(=O)C23)cc1. The van der Waals surface area contributed by atoms with Crippen LogP contribution in [0.3, 0.4) is 0 Å². The third-order valence-electron chi connectivity index (χ3n) is 7.96. The highest BCUT2D eigenvalue weighted by Gasteiger charge is 2.68. The minimum atomic E-state index is -1.74. The van der Waals surface area contributed by atoms with Crippen molar-refractivity contribution in [3.63, 3.8) is 0 Å². The first kappa shape index (κ1) is 25.5. The molecule has 2 aliphatic rings. The van der Waals surface area contributed by atoms with Gasteiger partial charge in [-0.2, -0.15) is 0 Å². The van der Waals surface area contributed by atoms with Crippen molar-refractivity contribution in [3.05, 3.63) is 102 Å². The number of carbonyl (C=O) groups excluding carboxylic acids is 3. The Hall–Kier alpha value is -4.76. The highest BCUT2D eigenvalue weighted by atomic mass is 16.5. The summed E-state index contributed by atoms with van der Waals surface area (Å²) in [6.45, 7) is 1.36. The normalized spacial score (nSPS) is 23.9. The summed E-state index contributed by atoms with van der Waals surface area (Å²) in [7, 11) is 0. The summed E-state index contributed by atoms with van der Waals surface area (Å²) in [6, 6.07) is 22.5. The molecule has 0 saturated carbocycles. The second kappa shape index (κ2) is 9.77. The summed E-state index contributed by atoms with van der Waals surface area (Å²) in [5.41, 5.74) is 1.24. The quantitative estimate of drug-likeness (QED) is 0.187. The van der Waals surface area contributed by atoms with E-state index in [-0.39, 0.29) is 13.0 Å². The van der Waals surface area contributed by atoms with Gasteiger partial charge in [-0.05, 0) is 34.9 Å². The van der Waals surface area contributed by atoms with Crippen molar-refractivity contribution in [3.8, 4) is 5.75 Å². The predicted octanol–water partition coefficient (Wildman–Crippen LogP) is 3.61. The summed E-state index contributed by atoms with van der Waals surface area (Å²) in [6.07, 6.45) is 1.75. The first-order valence-electron chi connectivity index (χ1n) is 13.0. The molecule has 2 fully saturated rings. The molecule has 2 amide bonds. The van der Waals surface area contributed by atoms with Crippen LogP contribution in [-0.2, 0) is 32.1 Å². The highest BCUT2D eigenvalue weighted by Crippen LogP contribution is 2.50. The molecule has 0 aliphatic carbocycles. The molecular weight excluding hydrogens is 510 g/mol. The summed E-state index contributed by atoms with van der Waals surface area (Å²) >= 11 is 0. The smallest absolute Gasteiger partial charge is 0.325 e. The number of nitrogens with zero attached hydrogens (tertiary/aromatic N) is 1. The third-order valence-corrected chi connectivity index (χ3v) is 7.96. The van der Waals surface area contributed by atoms with Crippen LogP contribution >= 0.6 is 0 Å². The van der Waals surface area contributed by atoms with E-state index in [0.717, 1.165) is 22.0 Å². The molecule has 9 heteroatoms. The molecule has 4 atom stereocenters. The van der Waals surface area contributed by atoms with E-state index in [9.17, 15) is 24.3 Å². The Morgan fingerprint density at radius 3 is 2.35 bits per heavy atom. The molecule has 0 bridgehead atoms. The molecule has 6 rings (SSSR count). The van der Waals surface area contributed by atoms with E-state index < -0.39 is 47.2 Å². The highest BCUT2D eigenvalue weighted by molar-refractivity contribution is 6.09. The van der Waals surface area contributed by atoms with Gasteiger partial charge in [-0.3, -0.25) is 29.4 Å². The van der Waals surface area contributed by atoms with Gasteiger partial charge < -0.3 is 14.8 Å². The van der Waals surface area contributed by atoms with Crippen molar-refractivity contribution in [1.29, 1.82) is 0 Å². The first-order chi connectivity index (χ1) is 19.3. The van der Waals surface area contributed by atoms with Crippen LogP contribution in [0, 0.1) is 11.8 Å². The Bertz CT molecular complexity index is 1630. The molecule has 202 valence electrons. The molecule has 3 N–H and O–H groups in total. The molecule has 3 aromatic carbocycles. The number of amides is 2. The molecule has 9 nitrogen and oxygen atoms in total. The molecule has 40 heavy (non-hydrogen) atoms. The minimum Gasteiger partial charge on any atom is -0.480 e. The molecule has 0 radical (unpaired) electrons. The monoisotopic (exact) mass is 537 g/mol. The molecule has 3 heterocycles. The van der Waals surface area contributed by atoms with Crippen LogP contribution in [0.15, 0.2) is 85.1 Å². The van der Waals surface area contributed by atoms with E-state index in [1.807, 2.05) is 54.6 Å². The molecule has 2 saturated heterocycles. The number of likely N-dealkylation sites (tertiary alicyclic amines) is 1. The Kier molecular flexibility index (Phi) is 6.23. The minimum absolute atomic E-state index is 0.00621. The second-order valence-corrected chi connectivity index (χ2v) is 10.3. The molecule has 4 aromatic rings. The van der Waals surface area contributed by atoms with Crippen molar-refractivity contribution >= 4 is 34.7 Å². The number of aliphatic carboxylic acids is 1. The van der Waals surface area contributed by atoms with Crippen LogP contribution in [0.4, 0.5) is 0 Å². The number of carboxylic acid groups (broad SMARTS) is 1. The molecular formula is C31H27N3O6. The lowest BCUT2D eigenvalue weighted by Gasteiger charge is -2.31. The number of hydrogen-bond acceptors (Lipinski definition) is 6. The number of fused-ring (bicyclic) bond motifs is 2. The maximum absolute atomic E-state index is 14.0. The van der Waals surface area contributed by atoms with Gasteiger partial charge in [-0.15, -0.1) is 0 Å². The van der Waals surface area contributed by atoms with Gasteiger partial charge in [0.15, 0.2) is 0 Å². The number of esters is 1. The average molecular weight is 538 g/mol. The fourth-order valence-electron chi connectivity index (χ4n) is 6.19. The molecule has 0 spiro atoms. The molecule has 1 aromatic heterocycles. The number of benzene rings is 3. The van der Waals surface area contributed by atoms with Gasteiger partial charge in [0.05, 0.1) is 18.4 Å². The maximum atomic E-state index is 14.0. The average Bonchev–Trinajstić information content (AvgIpc) is 3.58. The summed E-state index contributed by atoms with van der Waals surface area (Å²) in [5, 5.41) is 14.9. The van der Waals surface area contributed by atoms with E-state index >= 15 is 0 Å². The van der Waals surface area contributed by atoms with Gasteiger partial charge in [0.1, 0.15) is 11.3 Å². The Balaban J connectivity index is 1.44. The lowest BCUT2D eigenvalue weighted by molar-refractivity contribution is -0.151. The largest absolute Gasteiger partial charge is 0.480 e. The fraction of sp³-hybridized carbons (Fsp3) is 0.226. The first-order valence-corrected chi connectivity index (χ1v) is 13.0. The topological polar surface area (TPSA) is 129 Å². The zero-order valence-electron chi connectivity index (χ0n) is 21.7. The van der Waals surface area contributed by atoms with Gasteiger partial charge >= 0.3 is 11.9 Å². The Morgan fingerprint density at radius 2 is 1.65 bits per heavy atom. The van der Waals surface area contributed by atoms with Crippen LogP contribution < -0.4 is 10.1 Å². The summed E-state index contributed by atoms with van der Waals surface area (Å²) in [5.74, 6) is -4.33. The van der Waals surface area contributed by atoms with E-state index in [2.05, 4.69) is 10.3 Å². The molecule has 4 unspecified atom stereocenters. The number of rotatable bonds is 7. The van der Waals surface area contributed by atoms with Crippen LogP contribution in [0.25, 0.3) is 10.9 Å². The third kappa shape index (κ3) is 4.15. The van der Waals surface area contributed by atoms with Crippen molar-refractivity contribution < 1.29 is 29.0 Å². The van der Waals surface area contributed by atoms with Gasteiger partial charge in [0, 0.05) is 36.5 Å².